The molecular weight excluding hydrogens is 418 g/mol. The molecule has 2 aromatic carbocycles. The van der Waals surface area contributed by atoms with Crippen LogP contribution in [0.25, 0.3) is 11.3 Å². The molecule has 0 aliphatic carbocycles. The number of aryl methyl sites for hydroxylation is 3. The normalized spacial score (nSPS) is 16.7. The summed E-state index contributed by atoms with van der Waals surface area (Å²) in [6.45, 7) is 10.1. The van der Waals surface area contributed by atoms with Crippen LogP contribution in [0.5, 0.6) is 17.2 Å². The minimum Gasteiger partial charge on any atom is -0.507 e. The van der Waals surface area contributed by atoms with Gasteiger partial charge in [-0.25, -0.2) is 4.79 Å². The summed E-state index contributed by atoms with van der Waals surface area (Å²) in [5, 5.41) is 10.4. The van der Waals surface area contributed by atoms with E-state index in [0.717, 1.165) is 39.2 Å². The average Bonchev–Trinajstić information content (AvgIpc) is 3.14. The van der Waals surface area contributed by atoms with Crippen molar-refractivity contribution in [2.24, 2.45) is 0 Å². The van der Waals surface area contributed by atoms with Crippen LogP contribution in [0.4, 0.5) is 0 Å². The van der Waals surface area contributed by atoms with Gasteiger partial charge in [0.1, 0.15) is 5.75 Å². The van der Waals surface area contributed by atoms with Gasteiger partial charge >= 0.3 is 5.97 Å². The zero-order valence-corrected chi connectivity index (χ0v) is 20.3. The number of benzene rings is 2. The van der Waals surface area contributed by atoms with E-state index in [4.69, 9.17) is 14.2 Å². The lowest BCUT2D eigenvalue weighted by atomic mass is 9.78. The number of aromatic hydroxyl groups is 1. The van der Waals surface area contributed by atoms with Crippen LogP contribution in [-0.2, 0) is 4.74 Å². The molecule has 6 heteroatoms. The standard InChI is InChI=1S/C27H31NO5/c1-8-33-27(30)21-11-16(4)28-17(5)24(18-9-14(2)26(29)15(3)10-18)19-12-22(31-6)23(32-7)13-20(19)25(21)28/h9-13,17,24,29H,8H2,1-7H3. The molecule has 33 heavy (non-hydrogen) atoms. The summed E-state index contributed by atoms with van der Waals surface area (Å²) in [6.07, 6.45) is 0. The van der Waals surface area contributed by atoms with E-state index < -0.39 is 0 Å². The van der Waals surface area contributed by atoms with Gasteiger partial charge in [0.05, 0.1) is 32.1 Å². The highest BCUT2D eigenvalue weighted by atomic mass is 16.5. The molecule has 2 unspecified atom stereocenters. The molecule has 2 atom stereocenters. The molecule has 0 amide bonds. The SMILES string of the molecule is CCOC(=O)c1cc(C)n2c1-c1cc(OC)c(OC)cc1C(c1cc(C)c(O)c(C)c1)C2C. The first-order valence-corrected chi connectivity index (χ1v) is 11.2. The van der Waals surface area contributed by atoms with Gasteiger partial charge in [-0.05, 0) is 75.1 Å². The fraction of sp³-hybridized carbons (Fsp3) is 0.370. The van der Waals surface area contributed by atoms with Crippen LogP contribution < -0.4 is 9.47 Å². The van der Waals surface area contributed by atoms with Crippen LogP contribution in [-0.4, -0.2) is 36.5 Å². The van der Waals surface area contributed by atoms with Crippen molar-refractivity contribution in [2.45, 2.75) is 46.6 Å². The highest BCUT2D eigenvalue weighted by Gasteiger charge is 2.37. The van der Waals surface area contributed by atoms with Gasteiger partial charge in [-0.2, -0.15) is 0 Å². The number of phenols is 1. The maximum absolute atomic E-state index is 12.9. The van der Waals surface area contributed by atoms with Gasteiger partial charge in [0.25, 0.3) is 0 Å². The van der Waals surface area contributed by atoms with Crippen LogP contribution in [0.15, 0.2) is 30.3 Å². The molecule has 1 aromatic heterocycles. The van der Waals surface area contributed by atoms with Crippen molar-refractivity contribution in [3.63, 3.8) is 0 Å². The van der Waals surface area contributed by atoms with Crippen molar-refractivity contribution in [2.75, 3.05) is 20.8 Å². The molecule has 1 N–H and O–H groups in total. The van der Waals surface area contributed by atoms with Crippen molar-refractivity contribution in [3.05, 3.63) is 63.8 Å². The first-order valence-electron chi connectivity index (χ1n) is 11.2. The van der Waals surface area contributed by atoms with Crippen molar-refractivity contribution in [1.82, 2.24) is 4.57 Å². The molecule has 2 heterocycles. The lowest BCUT2D eigenvalue weighted by Crippen LogP contribution is -2.24. The van der Waals surface area contributed by atoms with Crippen LogP contribution in [0, 0.1) is 20.8 Å². The molecule has 3 aromatic rings. The van der Waals surface area contributed by atoms with E-state index in [9.17, 15) is 9.90 Å². The Hall–Kier alpha value is -3.41. The monoisotopic (exact) mass is 449 g/mol. The largest absolute Gasteiger partial charge is 0.507 e. The summed E-state index contributed by atoms with van der Waals surface area (Å²) in [4.78, 5) is 12.9. The minimum absolute atomic E-state index is 0.0112. The summed E-state index contributed by atoms with van der Waals surface area (Å²) in [6, 6.07) is 9.95. The van der Waals surface area contributed by atoms with Crippen molar-refractivity contribution in [3.8, 4) is 28.5 Å². The van der Waals surface area contributed by atoms with Crippen molar-refractivity contribution < 1.29 is 24.1 Å². The lowest BCUT2D eigenvalue weighted by molar-refractivity contribution is 0.0527. The van der Waals surface area contributed by atoms with Crippen LogP contribution >= 0.6 is 0 Å². The van der Waals surface area contributed by atoms with E-state index >= 15 is 0 Å². The zero-order chi connectivity index (χ0) is 24.0. The Morgan fingerprint density at radius 2 is 1.61 bits per heavy atom. The number of fused-ring (bicyclic) bond motifs is 3. The van der Waals surface area contributed by atoms with Crippen LogP contribution in [0.1, 0.15) is 64.1 Å². The summed E-state index contributed by atoms with van der Waals surface area (Å²) in [7, 11) is 3.23. The van der Waals surface area contributed by atoms with Gasteiger partial charge in [-0.1, -0.05) is 12.1 Å². The van der Waals surface area contributed by atoms with E-state index in [1.807, 2.05) is 58.0 Å². The Kier molecular flexibility index (Phi) is 5.87. The molecule has 0 saturated carbocycles. The first-order chi connectivity index (χ1) is 15.7. The number of esters is 1. The number of hydrogen-bond donors (Lipinski definition) is 1. The predicted octanol–water partition coefficient (Wildman–Crippen LogP) is 5.69. The molecular formula is C27H31NO5. The number of nitrogens with zero attached hydrogens (tertiary/aromatic N) is 1. The number of aromatic nitrogens is 1. The van der Waals surface area contributed by atoms with Gasteiger partial charge in [0.15, 0.2) is 11.5 Å². The Bertz CT molecular complexity index is 1220. The third-order valence-corrected chi connectivity index (χ3v) is 6.63. The fourth-order valence-electron chi connectivity index (χ4n) is 5.21. The van der Waals surface area contributed by atoms with Gasteiger partial charge < -0.3 is 23.9 Å². The maximum Gasteiger partial charge on any atom is 0.340 e. The van der Waals surface area contributed by atoms with Crippen LogP contribution in [0.2, 0.25) is 0 Å². The Balaban J connectivity index is 2.05. The van der Waals surface area contributed by atoms with E-state index in [-0.39, 0.29) is 17.9 Å². The second-order valence-corrected chi connectivity index (χ2v) is 8.65. The van der Waals surface area contributed by atoms with Crippen molar-refractivity contribution in [1.29, 1.82) is 0 Å². The molecule has 0 spiro atoms. The number of carbonyl (C=O) groups is 1. The molecule has 6 nitrogen and oxygen atoms in total. The maximum atomic E-state index is 12.9. The second-order valence-electron chi connectivity index (χ2n) is 8.65. The Labute approximate surface area is 194 Å². The van der Waals surface area contributed by atoms with Gasteiger partial charge in [-0.3, -0.25) is 0 Å². The number of hydrogen-bond acceptors (Lipinski definition) is 5. The highest BCUT2D eigenvalue weighted by Crippen LogP contribution is 2.51. The molecule has 4 rings (SSSR count). The number of rotatable bonds is 5. The summed E-state index contributed by atoms with van der Waals surface area (Å²) < 4.78 is 18.8. The zero-order valence-electron chi connectivity index (χ0n) is 20.3. The molecule has 174 valence electrons. The van der Waals surface area contributed by atoms with Gasteiger partial charge in [0.2, 0.25) is 0 Å². The fourth-order valence-corrected chi connectivity index (χ4v) is 5.21. The predicted molar refractivity (Wildman–Crippen MR) is 128 cm³/mol. The Morgan fingerprint density at radius 3 is 2.18 bits per heavy atom. The number of phenolic OH excluding ortho intramolecular Hbond substituents is 1. The first kappa shape index (κ1) is 22.8. The quantitative estimate of drug-likeness (QED) is 0.507. The van der Waals surface area contributed by atoms with Gasteiger partial charge in [0, 0.05) is 23.2 Å². The Morgan fingerprint density at radius 1 is 1.00 bits per heavy atom. The minimum atomic E-state index is -0.336. The van der Waals surface area contributed by atoms with E-state index in [1.54, 1.807) is 14.2 Å². The summed E-state index contributed by atoms with van der Waals surface area (Å²) in [5.74, 6) is 1.19. The molecule has 0 radical (unpaired) electrons. The van der Waals surface area contributed by atoms with E-state index in [0.29, 0.717) is 29.4 Å². The van der Waals surface area contributed by atoms with Crippen molar-refractivity contribution >= 4 is 5.97 Å². The number of carbonyl (C=O) groups excluding carboxylic acids is 1. The average molecular weight is 450 g/mol. The highest BCUT2D eigenvalue weighted by molar-refractivity contribution is 5.98. The molecule has 1 aliphatic heterocycles. The molecule has 0 fully saturated rings. The lowest BCUT2D eigenvalue weighted by Gasteiger charge is -2.36. The third-order valence-electron chi connectivity index (χ3n) is 6.63. The molecule has 0 bridgehead atoms. The van der Waals surface area contributed by atoms with Gasteiger partial charge in [-0.15, -0.1) is 0 Å². The topological polar surface area (TPSA) is 69.9 Å². The third kappa shape index (κ3) is 3.54. The van der Waals surface area contributed by atoms with E-state index in [2.05, 4.69) is 11.5 Å². The number of ether oxygens (including phenoxy) is 3. The van der Waals surface area contributed by atoms with Crippen LogP contribution in [0.3, 0.4) is 0 Å². The molecule has 1 aliphatic rings. The number of methoxy groups -OCH3 is 2. The summed E-state index contributed by atoms with van der Waals surface area (Å²) >= 11 is 0. The molecule has 0 saturated heterocycles. The second kappa shape index (κ2) is 8.50. The summed E-state index contributed by atoms with van der Waals surface area (Å²) in [5.41, 5.74) is 7.08. The smallest absolute Gasteiger partial charge is 0.340 e. The van der Waals surface area contributed by atoms with E-state index in [1.165, 1.54) is 0 Å².